The normalized spacial score (nSPS) is 10.0. The van der Waals surface area contributed by atoms with E-state index in [4.69, 9.17) is 20.9 Å². The molecule has 1 aromatic carbocycles. The van der Waals surface area contributed by atoms with Crippen LogP contribution in [0.1, 0.15) is 86.1 Å². The minimum Gasteiger partial charge on any atom is -0.493 e. The Balaban J connectivity index is -0.000000346. The highest BCUT2D eigenvalue weighted by Gasteiger charge is 2.02. The Labute approximate surface area is 273 Å². The van der Waals surface area contributed by atoms with Crippen LogP contribution in [-0.4, -0.2) is 44.7 Å². The monoisotopic (exact) mass is 637 g/mol. The Morgan fingerprint density at radius 2 is 1.60 bits per heavy atom. The molecule has 1 rings (SSSR count). The van der Waals surface area contributed by atoms with Gasteiger partial charge >= 0.3 is 0 Å². The summed E-state index contributed by atoms with van der Waals surface area (Å²) in [5.74, 6) is 3.57. The summed E-state index contributed by atoms with van der Waals surface area (Å²) in [6.45, 7) is 23.6. The molecule has 0 aliphatic heterocycles. The molecule has 0 heterocycles. The van der Waals surface area contributed by atoms with Crippen molar-refractivity contribution in [3.8, 4) is 11.5 Å². The van der Waals surface area contributed by atoms with Gasteiger partial charge in [0, 0.05) is 31.0 Å². The number of nitrogens with one attached hydrogen (secondary N) is 1. The lowest BCUT2D eigenvalue weighted by atomic mass is 10.1. The van der Waals surface area contributed by atoms with Crippen molar-refractivity contribution in [3.05, 3.63) is 78.6 Å². The van der Waals surface area contributed by atoms with Crippen LogP contribution in [-0.2, 0) is 4.79 Å². The van der Waals surface area contributed by atoms with Gasteiger partial charge in [-0.15, -0.1) is 6.58 Å². The zero-order chi connectivity index (χ0) is 33.7. The van der Waals surface area contributed by atoms with Gasteiger partial charge in [0.05, 0.1) is 14.2 Å². The molecule has 0 saturated carbocycles. The highest BCUT2D eigenvalue weighted by molar-refractivity contribution is 8.76. The Kier molecular flexibility index (Phi) is 43.5. The molecule has 0 aromatic heterocycles. The van der Waals surface area contributed by atoms with Gasteiger partial charge in [0.2, 0.25) is 5.91 Å². The lowest BCUT2D eigenvalue weighted by molar-refractivity contribution is -0.118. The van der Waals surface area contributed by atoms with E-state index < -0.39 is 0 Å². The Morgan fingerprint density at radius 1 is 0.977 bits per heavy atom. The van der Waals surface area contributed by atoms with Crippen LogP contribution < -0.4 is 26.3 Å². The van der Waals surface area contributed by atoms with Gasteiger partial charge in [-0.25, -0.2) is 0 Å². The van der Waals surface area contributed by atoms with Gasteiger partial charge in [-0.1, -0.05) is 106 Å². The maximum Gasteiger partial charge on any atom is 0.217 e. The smallest absolute Gasteiger partial charge is 0.217 e. The van der Waals surface area contributed by atoms with E-state index in [-0.39, 0.29) is 5.91 Å². The number of ether oxygens (including phenoxy) is 2. The number of benzene rings is 1. The molecule has 0 aliphatic carbocycles. The Morgan fingerprint density at radius 3 is 2.07 bits per heavy atom. The molecule has 43 heavy (non-hydrogen) atoms. The van der Waals surface area contributed by atoms with Gasteiger partial charge in [0.1, 0.15) is 0 Å². The van der Waals surface area contributed by atoms with E-state index in [0.717, 1.165) is 55.0 Å². The molecule has 248 valence electrons. The first kappa shape index (κ1) is 47.4. The molecule has 0 bridgehead atoms. The lowest BCUT2D eigenvalue weighted by Crippen LogP contribution is -2.08. The fourth-order valence-electron chi connectivity index (χ4n) is 2.68. The summed E-state index contributed by atoms with van der Waals surface area (Å²) in [7, 11) is 7.05. The Bertz CT molecular complexity index is 879. The van der Waals surface area contributed by atoms with Crippen LogP contribution in [0.4, 0.5) is 0 Å². The summed E-state index contributed by atoms with van der Waals surface area (Å²) in [5.41, 5.74) is 13.3. The minimum atomic E-state index is -0.211. The molecule has 5 N–H and O–H groups in total. The number of hydrogen-bond acceptors (Lipinski definition) is 7. The summed E-state index contributed by atoms with van der Waals surface area (Å²) >= 11 is 0. The van der Waals surface area contributed by atoms with E-state index in [1.807, 2.05) is 105 Å². The molecule has 0 atom stereocenters. The molecule has 0 spiro atoms. The first-order valence-corrected chi connectivity index (χ1v) is 17.8. The number of carbonyl (C=O) groups excluding carboxylic acids is 1. The van der Waals surface area contributed by atoms with E-state index >= 15 is 0 Å². The van der Waals surface area contributed by atoms with Crippen molar-refractivity contribution in [1.29, 1.82) is 0 Å². The van der Waals surface area contributed by atoms with Crippen molar-refractivity contribution in [2.75, 3.05) is 38.8 Å². The van der Waals surface area contributed by atoms with Crippen molar-refractivity contribution >= 4 is 33.6 Å². The molecule has 1 aromatic rings. The van der Waals surface area contributed by atoms with Crippen LogP contribution in [0.25, 0.3) is 6.08 Å². The summed E-state index contributed by atoms with van der Waals surface area (Å²) < 4.78 is 10.6. The van der Waals surface area contributed by atoms with Crippen LogP contribution in [0.3, 0.4) is 0 Å². The largest absolute Gasteiger partial charge is 0.493 e. The van der Waals surface area contributed by atoms with Gasteiger partial charge in [-0.3, -0.25) is 4.79 Å². The number of amides is 1. The molecular formula is C35H63N3O3S2. The first-order chi connectivity index (χ1) is 20.8. The van der Waals surface area contributed by atoms with E-state index in [9.17, 15) is 4.79 Å². The average molecular weight is 638 g/mol. The van der Waals surface area contributed by atoms with E-state index in [0.29, 0.717) is 12.2 Å². The highest BCUT2D eigenvalue weighted by Crippen LogP contribution is 2.28. The molecule has 0 saturated heterocycles. The van der Waals surface area contributed by atoms with Crippen LogP contribution in [0, 0.1) is 0 Å². The van der Waals surface area contributed by atoms with Crippen LogP contribution >= 0.6 is 21.6 Å². The standard InChI is InChI=1S/C22H29NO2.C5H13NS2.C4H9NO.2C2H6/c1-6-8-19(14-16-23-15-7-9-18(2)3)10-11-20-12-13-21(24-4)22(17-20)25-5;1-2-4-7-8-5-3-6;1-2-3-4(5)6;2*1-2/h6,8,10-14,16-17,23H,1-2,7,9,15H2,3-5H3;2-6H2,1H3;2-3H2,1H3,(H2,5,6);2*1-2H3/b11-10+,16-14-,19-8-;;;;. The zero-order valence-corrected chi connectivity index (χ0v) is 30.3. The molecule has 6 nitrogen and oxygen atoms in total. The van der Waals surface area contributed by atoms with Crippen molar-refractivity contribution < 1.29 is 14.3 Å². The third-order valence-corrected chi connectivity index (χ3v) is 7.22. The van der Waals surface area contributed by atoms with Gasteiger partial charge < -0.3 is 26.3 Å². The lowest BCUT2D eigenvalue weighted by Gasteiger charge is -2.07. The SMILES string of the molecule is C=C/C=C(\C=C/NCCCC(=C)C)/C=C/c1ccc(OC)c(OC)c1.CC.CC.CCCC(N)=O.CCCSSCCN. The fraction of sp³-hybridized carbons (Fsp3) is 0.514. The van der Waals surface area contributed by atoms with E-state index in [1.54, 1.807) is 20.3 Å². The summed E-state index contributed by atoms with van der Waals surface area (Å²) in [4.78, 5) is 9.82. The van der Waals surface area contributed by atoms with Gasteiger partial charge in [0.15, 0.2) is 11.5 Å². The molecule has 0 fully saturated rings. The number of primary amides is 1. The topological polar surface area (TPSA) is 99.6 Å². The molecule has 0 aliphatic rings. The van der Waals surface area contributed by atoms with Gasteiger partial charge in [-0.05, 0) is 68.2 Å². The summed E-state index contributed by atoms with van der Waals surface area (Å²) in [6, 6.07) is 5.83. The van der Waals surface area contributed by atoms with Crippen LogP contribution in [0.5, 0.6) is 11.5 Å². The maximum atomic E-state index is 9.82. The average Bonchev–Trinajstić information content (AvgIpc) is 3.02. The second kappa shape index (κ2) is 39.5. The fourth-order valence-corrected chi connectivity index (χ4v) is 4.67. The predicted octanol–water partition coefficient (Wildman–Crippen LogP) is 9.35. The highest BCUT2D eigenvalue weighted by atomic mass is 33.1. The molecule has 1 amide bonds. The molecule has 0 radical (unpaired) electrons. The third-order valence-electron chi connectivity index (χ3n) is 4.57. The van der Waals surface area contributed by atoms with E-state index in [2.05, 4.69) is 32.3 Å². The van der Waals surface area contributed by atoms with Crippen LogP contribution in [0.15, 0.2) is 73.0 Å². The first-order valence-electron chi connectivity index (χ1n) is 15.3. The second-order valence-electron chi connectivity index (χ2n) is 8.35. The zero-order valence-electron chi connectivity index (χ0n) is 28.7. The molecule has 8 heteroatoms. The Hall–Kier alpha value is -2.55. The number of hydrogen-bond donors (Lipinski definition) is 3. The van der Waals surface area contributed by atoms with Crippen molar-refractivity contribution in [2.24, 2.45) is 11.5 Å². The van der Waals surface area contributed by atoms with E-state index in [1.165, 1.54) is 17.7 Å². The third kappa shape index (κ3) is 35.6. The number of carbonyl (C=O) groups is 1. The van der Waals surface area contributed by atoms with Gasteiger partial charge in [-0.2, -0.15) is 0 Å². The number of nitrogens with two attached hydrogens (primary N) is 2. The van der Waals surface area contributed by atoms with Gasteiger partial charge in [0.25, 0.3) is 0 Å². The molecule has 0 unspecified atom stereocenters. The summed E-state index contributed by atoms with van der Waals surface area (Å²) in [5, 5.41) is 3.29. The summed E-state index contributed by atoms with van der Waals surface area (Å²) in [6.07, 6.45) is 16.6. The van der Waals surface area contributed by atoms with Crippen molar-refractivity contribution in [2.45, 2.75) is 80.6 Å². The number of allylic oxidation sites excluding steroid dienone is 6. The predicted molar refractivity (Wildman–Crippen MR) is 199 cm³/mol. The maximum absolute atomic E-state index is 9.82. The number of rotatable bonds is 18. The number of methoxy groups -OCH3 is 2. The van der Waals surface area contributed by atoms with Crippen molar-refractivity contribution in [3.63, 3.8) is 0 Å². The van der Waals surface area contributed by atoms with Crippen molar-refractivity contribution in [1.82, 2.24) is 5.32 Å². The second-order valence-corrected chi connectivity index (χ2v) is 11.0. The minimum absolute atomic E-state index is 0.211. The molecular weight excluding hydrogens is 575 g/mol. The quantitative estimate of drug-likeness (QED) is 0.0638. The van der Waals surface area contributed by atoms with Crippen LogP contribution in [0.2, 0.25) is 0 Å².